The Morgan fingerprint density at radius 2 is 0.667 bits per heavy atom. The summed E-state index contributed by atoms with van der Waals surface area (Å²) in [6.07, 6.45) is 0. The minimum absolute atomic E-state index is 1.22. The zero-order chi connectivity index (χ0) is 32.7. The largest absolute Gasteiger partial charge is 0.0784 e. The van der Waals surface area contributed by atoms with Crippen LogP contribution in [0.15, 0.2) is 176 Å². The summed E-state index contributed by atoms with van der Waals surface area (Å²) in [4.78, 5) is 0. The second kappa shape index (κ2) is 12.3. The lowest BCUT2D eigenvalue weighted by molar-refractivity contribution is 1.57. The van der Waals surface area contributed by atoms with Crippen molar-refractivity contribution in [2.45, 2.75) is 19.6 Å². The maximum Gasteiger partial charge on any atom is 0.0784 e. The van der Waals surface area contributed by atoms with Crippen molar-refractivity contribution in [1.29, 1.82) is 0 Å². The molecule has 0 bridgehead atoms. The summed E-state index contributed by atoms with van der Waals surface area (Å²) in [5, 5.41) is 6.71. The highest BCUT2D eigenvalue weighted by Crippen LogP contribution is 2.44. The van der Waals surface area contributed by atoms with Crippen LogP contribution in [0.5, 0.6) is 0 Å². The summed E-state index contributed by atoms with van der Waals surface area (Å²) in [6.45, 7) is 7.35. The van der Waals surface area contributed by atoms with Gasteiger partial charge in [-0.15, -0.1) is 0 Å². The lowest BCUT2D eigenvalue weighted by atomic mass is 9.85. The van der Waals surface area contributed by atoms with Crippen molar-refractivity contribution in [3.63, 3.8) is 0 Å². The molecule has 0 aliphatic carbocycles. The zero-order valence-electron chi connectivity index (χ0n) is 27.7. The highest BCUT2D eigenvalue weighted by atomic mass is 28.3. The van der Waals surface area contributed by atoms with Crippen LogP contribution in [0.3, 0.4) is 0 Å². The molecule has 1 heteroatoms. The maximum absolute atomic E-state index is 2.45. The Balaban J connectivity index is 1.26. The molecule has 8 aromatic carbocycles. The molecule has 48 heavy (non-hydrogen) atoms. The third-order valence-corrected chi connectivity index (χ3v) is 11.7. The van der Waals surface area contributed by atoms with E-state index in [0.717, 1.165) is 0 Å². The molecular formula is C47H38Si. The standard InChI is InChI=1S/C47H38Si/c1-48(2,3)45-26-12-11-25-44(45)47-42-23-9-7-21-40(42)46(41-22-8-10-24-43(41)47)39-20-14-19-38(32-39)37-18-13-17-36(31-37)35-29-27-34(28-30-35)33-15-5-4-6-16-33/h4-32H,1-3H3. The van der Waals surface area contributed by atoms with Crippen LogP contribution in [0.2, 0.25) is 19.6 Å². The van der Waals surface area contributed by atoms with Crippen molar-refractivity contribution in [3.8, 4) is 55.6 Å². The van der Waals surface area contributed by atoms with Crippen molar-refractivity contribution in [2.24, 2.45) is 0 Å². The van der Waals surface area contributed by atoms with Crippen molar-refractivity contribution < 1.29 is 0 Å². The first-order chi connectivity index (χ1) is 23.5. The fourth-order valence-corrected chi connectivity index (χ4v) is 8.92. The van der Waals surface area contributed by atoms with Gasteiger partial charge in [0.15, 0.2) is 0 Å². The summed E-state index contributed by atoms with van der Waals surface area (Å²) in [5.41, 5.74) is 12.6. The first kappa shape index (κ1) is 29.9. The highest BCUT2D eigenvalue weighted by Gasteiger charge is 2.24. The van der Waals surface area contributed by atoms with Crippen LogP contribution in [-0.2, 0) is 0 Å². The van der Waals surface area contributed by atoms with Gasteiger partial charge in [-0.25, -0.2) is 0 Å². The van der Waals surface area contributed by atoms with Crippen LogP contribution in [0.25, 0.3) is 77.2 Å². The summed E-state index contributed by atoms with van der Waals surface area (Å²) >= 11 is 0. The Bertz CT molecular complexity index is 2350. The van der Waals surface area contributed by atoms with Crippen LogP contribution in [0, 0.1) is 0 Å². The molecule has 0 aromatic heterocycles. The van der Waals surface area contributed by atoms with Gasteiger partial charge < -0.3 is 0 Å². The van der Waals surface area contributed by atoms with Crippen LogP contribution >= 0.6 is 0 Å². The number of hydrogen-bond donors (Lipinski definition) is 0. The van der Waals surface area contributed by atoms with Gasteiger partial charge in [-0.1, -0.05) is 189 Å². The minimum atomic E-state index is -1.61. The van der Waals surface area contributed by atoms with E-state index in [1.54, 1.807) is 0 Å². The van der Waals surface area contributed by atoms with Gasteiger partial charge in [0, 0.05) is 0 Å². The summed E-state index contributed by atoms with van der Waals surface area (Å²) in [5.74, 6) is 0. The molecule has 0 N–H and O–H groups in total. The van der Waals surface area contributed by atoms with Crippen LogP contribution in [0.1, 0.15) is 0 Å². The van der Waals surface area contributed by atoms with E-state index in [0.29, 0.717) is 0 Å². The summed E-state index contributed by atoms with van der Waals surface area (Å²) < 4.78 is 0. The molecule has 0 radical (unpaired) electrons. The Kier molecular flexibility index (Phi) is 7.63. The topological polar surface area (TPSA) is 0 Å². The average molecular weight is 631 g/mol. The normalized spacial score (nSPS) is 11.6. The molecule has 0 heterocycles. The molecule has 0 unspecified atom stereocenters. The van der Waals surface area contributed by atoms with Gasteiger partial charge >= 0.3 is 0 Å². The van der Waals surface area contributed by atoms with E-state index < -0.39 is 8.07 Å². The fourth-order valence-electron chi connectivity index (χ4n) is 7.30. The molecule has 230 valence electrons. The third kappa shape index (κ3) is 5.47. The minimum Gasteiger partial charge on any atom is -0.0656 e. The molecule has 8 aromatic rings. The molecule has 0 nitrogen and oxygen atoms in total. The van der Waals surface area contributed by atoms with Crippen LogP contribution in [-0.4, -0.2) is 8.07 Å². The molecule has 0 aliphatic rings. The SMILES string of the molecule is C[Si](C)(C)c1ccccc1-c1c2ccccc2c(-c2cccc(-c3cccc(-c4ccc(-c5ccccc5)cc4)c3)c2)c2ccccc12. The maximum atomic E-state index is 2.45. The zero-order valence-corrected chi connectivity index (χ0v) is 28.7. The number of benzene rings is 8. The van der Waals surface area contributed by atoms with Gasteiger partial charge in [-0.3, -0.25) is 0 Å². The van der Waals surface area contributed by atoms with E-state index in [9.17, 15) is 0 Å². The summed E-state index contributed by atoms with van der Waals surface area (Å²) in [7, 11) is -1.61. The molecule has 0 aliphatic heterocycles. The van der Waals surface area contributed by atoms with Crippen LogP contribution < -0.4 is 5.19 Å². The monoisotopic (exact) mass is 630 g/mol. The molecule has 8 rings (SSSR count). The molecule has 0 atom stereocenters. The quantitative estimate of drug-likeness (QED) is 0.127. The van der Waals surface area contributed by atoms with Crippen molar-refractivity contribution in [3.05, 3.63) is 176 Å². The molecule has 0 saturated heterocycles. The predicted molar refractivity (Wildman–Crippen MR) is 212 cm³/mol. The first-order valence-electron chi connectivity index (χ1n) is 16.9. The molecule has 0 fully saturated rings. The lowest BCUT2D eigenvalue weighted by Gasteiger charge is -2.24. The van der Waals surface area contributed by atoms with Gasteiger partial charge in [-0.05, 0) is 89.3 Å². The molecular weight excluding hydrogens is 593 g/mol. The summed E-state index contributed by atoms with van der Waals surface area (Å²) in [6, 6.07) is 64.6. The van der Waals surface area contributed by atoms with Crippen LogP contribution in [0.4, 0.5) is 0 Å². The first-order valence-corrected chi connectivity index (χ1v) is 20.4. The molecule has 0 spiro atoms. The van der Waals surface area contributed by atoms with Gasteiger partial charge in [0.1, 0.15) is 0 Å². The van der Waals surface area contributed by atoms with Gasteiger partial charge in [-0.2, -0.15) is 0 Å². The van der Waals surface area contributed by atoms with Crippen molar-refractivity contribution >= 4 is 34.8 Å². The second-order valence-electron chi connectivity index (χ2n) is 13.7. The van der Waals surface area contributed by atoms with Gasteiger partial charge in [0.2, 0.25) is 0 Å². The van der Waals surface area contributed by atoms with E-state index in [1.807, 2.05) is 0 Å². The molecule has 0 saturated carbocycles. The van der Waals surface area contributed by atoms with E-state index in [1.165, 1.54) is 82.4 Å². The number of rotatable bonds is 6. The second-order valence-corrected chi connectivity index (χ2v) is 18.8. The van der Waals surface area contributed by atoms with Crippen molar-refractivity contribution in [2.75, 3.05) is 0 Å². The fraction of sp³-hybridized carbons (Fsp3) is 0.0638. The highest BCUT2D eigenvalue weighted by molar-refractivity contribution is 6.89. The van der Waals surface area contributed by atoms with Gasteiger partial charge in [0.25, 0.3) is 0 Å². The smallest absolute Gasteiger partial charge is 0.0656 e. The predicted octanol–water partition coefficient (Wildman–Crippen LogP) is 12.9. The Morgan fingerprint density at radius 3 is 1.23 bits per heavy atom. The third-order valence-electron chi connectivity index (χ3n) is 9.61. The number of hydrogen-bond acceptors (Lipinski definition) is 0. The lowest BCUT2D eigenvalue weighted by Crippen LogP contribution is -2.38. The van der Waals surface area contributed by atoms with Crippen molar-refractivity contribution in [1.82, 2.24) is 0 Å². The van der Waals surface area contributed by atoms with Gasteiger partial charge in [0.05, 0.1) is 8.07 Å². The van der Waals surface area contributed by atoms with E-state index in [4.69, 9.17) is 0 Å². The number of fused-ring (bicyclic) bond motifs is 2. The van der Waals surface area contributed by atoms with E-state index in [-0.39, 0.29) is 0 Å². The van der Waals surface area contributed by atoms with E-state index in [2.05, 4.69) is 196 Å². The Morgan fingerprint density at radius 1 is 0.292 bits per heavy atom. The average Bonchev–Trinajstić information content (AvgIpc) is 3.14. The van der Waals surface area contributed by atoms with E-state index >= 15 is 0 Å². The molecule has 0 amide bonds. The Labute approximate surface area is 285 Å². The Hall–Kier alpha value is -5.50.